The van der Waals surface area contributed by atoms with Gasteiger partial charge in [0.05, 0.1) is 19.2 Å². The molecule has 0 heterocycles. The smallest absolute Gasteiger partial charge is 0.252 e. The molecule has 0 spiro atoms. The second-order valence-corrected chi connectivity index (χ2v) is 8.77. The Labute approximate surface area is 220 Å². The number of halogens is 2. The number of hydrogen-bond acceptors (Lipinski definition) is 4. The number of benzene rings is 4. The van der Waals surface area contributed by atoms with Crippen molar-refractivity contribution in [1.82, 2.24) is 5.43 Å². The van der Waals surface area contributed by atoms with E-state index in [-0.39, 0.29) is 12.5 Å². The van der Waals surface area contributed by atoms with E-state index < -0.39 is 5.92 Å². The van der Waals surface area contributed by atoms with Crippen molar-refractivity contribution in [2.75, 3.05) is 7.11 Å². The van der Waals surface area contributed by atoms with Gasteiger partial charge in [-0.05, 0) is 47.0 Å². The third kappa shape index (κ3) is 6.45. The van der Waals surface area contributed by atoms with Gasteiger partial charge in [-0.15, -0.1) is 0 Å². The summed E-state index contributed by atoms with van der Waals surface area (Å²) in [6.45, 7) is 0.260. The summed E-state index contributed by atoms with van der Waals surface area (Å²) >= 11 is 12.2. The first kappa shape index (κ1) is 25.3. The van der Waals surface area contributed by atoms with Crippen LogP contribution in [0, 0.1) is 0 Å². The maximum Gasteiger partial charge on any atom is 0.252 e. The molecule has 4 rings (SSSR count). The van der Waals surface area contributed by atoms with Crippen molar-refractivity contribution in [3.05, 3.63) is 129 Å². The molecule has 1 amide bonds. The van der Waals surface area contributed by atoms with E-state index in [0.29, 0.717) is 21.5 Å². The van der Waals surface area contributed by atoms with Gasteiger partial charge in [0, 0.05) is 15.6 Å². The van der Waals surface area contributed by atoms with Crippen LogP contribution in [0.1, 0.15) is 28.2 Å². The van der Waals surface area contributed by atoms with Crippen LogP contribution in [0.4, 0.5) is 0 Å². The van der Waals surface area contributed by atoms with Crippen LogP contribution in [-0.4, -0.2) is 19.2 Å². The molecule has 182 valence electrons. The van der Waals surface area contributed by atoms with Crippen LogP contribution < -0.4 is 14.9 Å². The maximum atomic E-state index is 13.1. The second-order valence-electron chi connectivity index (χ2n) is 7.92. The van der Waals surface area contributed by atoms with Crippen LogP contribution in [0.5, 0.6) is 11.5 Å². The fraction of sp³-hybridized carbons (Fsp3) is 0.103. The van der Waals surface area contributed by atoms with Crippen LogP contribution in [0.25, 0.3) is 0 Å². The number of carbonyl (C=O) groups is 1. The number of hydrazone groups is 1. The van der Waals surface area contributed by atoms with Gasteiger partial charge in [-0.2, -0.15) is 5.10 Å². The van der Waals surface area contributed by atoms with E-state index in [1.165, 1.54) is 0 Å². The van der Waals surface area contributed by atoms with Crippen LogP contribution in [0.2, 0.25) is 10.0 Å². The lowest BCUT2D eigenvalue weighted by molar-refractivity contribution is -0.121. The minimum Gasteiger partial charge on any atom is -0.493 e. The van der Waals surface area contributed by atoms with E-state index in [1.54, 1.807) is 37.6 Å². The molecule has 4 aromatic carbocycles. The van der Waals surface area contributed by atoms with E-state index in [0.717, 1.165) is 22.3 Å². The lowest BCUT2D eigenvalue weighted by atomic mass is 9.91. The SMILES string of the molecule is COc1cc(/C=N/NC(=O)C(c2ccccc2)c2ccccc2)ccc1OCc1ccc(Cl)cc1Cl. The van der Waals surface area contributed by atoms with Crippen molar-refractivity contribution in [1.29, 1.82) is 0 Å². The van der Waals surface area contributed by atoms with E-state index in [4.69, 9.17) is 32.7 Å². The van der Waals surface area contributed by atoms with Crippen LogP contribution in [0.3, 0.4) is 0 Å². The topological polar surface area (TPSA) is 59.9 Å². The first-order chi connectivity index (χ1) is 17.5. The number of nitrogens with zero attached hydrogens (tertiary/aromatic N) is 1. The summed E-state index contributed by atoms with van der Waals surface area (Å²) in [5.74, 6) is 0.379. The Morgan fingerprint density at radius 2 is 1.56 bits per heavy atom. The van der Waals surface area contributed by atoms with Gasteiger partial charge in [0.2, 0.25) is 0 Å². The summed E-state index contributed by atoms with van der Waals surface area (Å²) in [5, 5.41) is 5.28. The number of rotatable bonds is 9. The Bertz CT molecular complexity index is 1310. The van der Waals surface area contributed by atoms with Crippen molar-refractivity contribution in [2.24, 2.45) is 5.10 Å². The number of nitrogens with one attached hydrogen (secondary N) is 1. The molecule has 0 aliphatic rings. The van der Waals surface area contributed by atoms with Crippen LogP contribution >= 0.6 is 23.2 Å². The molecule has 0 saturated carbocycles. The quantitative estimate of drug-likeness (QED) is 0.194. The number of hydrogen-bond donors (Lipinski definition) is 1. The first-order valence-corrected chi connectivity index (χ1v) is 12.0. The van der Waals surface area contributed by atoms with Crippen LogP contribution in [-0.2, 0) is 11.4 Å². The third-order valence-corrected chi connectivity index (χ3v) is 6.09. The summed E-state index contributed by atoms with van der Waals surface area (Å²) in [4.78, 5) is 13.1. The number of ether oxygens (including phenoxy) is 2. The molecular weight excluding hydrogens is 495 g/mol. The summed E-state index contributed by atoms with van der Waals surface area (Å²) in [5.41, 5.74) is 5.99. The van der Waals surface area contributed by atoms with Crippen LogP contribution in [0.15, 0.2) is 102 Å². The highest BCUT2D eigenvalue weighted by Crippen LogP contribution is 2.30. The third-order valence-electron chi connectivity index (χ3n) is 5.50. The molecular formula is C29H24Cl2N2O3. The Morgan fingerprint density at radius 1 is 0.889 bits per heavy atom. The second kappa shape index (κ2) is 12.2. The number of carbonyl (C=O) groups excluding carboxylic acids is 1. The van der Waals surface area contributed by atoms with E-state index in [2.05, 4.69) is 10.5 Å². The molecule has 0 aromatic heterocycles. The predicted molar refractivity (Wildman–Crippen MR) is 144 cm³/mol. The maximum absolute atomic E-state index is 13.1. The van der Waals surface area contributed by atoms with Crippen molar-refractivity contribution in [2.45, 2.75) is 12.5 Å². The minimum atomic E-state index is -0.477. The molecule has 4 aromatic rings. The average Bonchev–Trinajstić information content (AvgIpc) is 2.90. The summed E-state index contributed by atoms with van der Waals surface area (Å²) in [7, 11) is 1.56. The zero-order chi connectivity index (χ0) is 25.3. The average molecular weight is 519 g/mol. The Balaban J connectivity index is 1.44. The standard InChI is InChI=1S/C29H24Cl2N2O3/c1-35-27-16-20(12-15-26(27)36-19-23-13-14-24(30)17-25(23)31)18-32-33-29(34)28(21-8-4-2-5-9-21)22-10-6-3-7-11-22/h2-18,28H,19H2,1H3,(H,33,34)/b32-18+. The van der Waals surface area contributed by atoms with Crippen molar-refractivity contribution in [3.8, 4) is 11.5 Å². The van der Waals surface area contributed by atoms with Gasteiger partial charge in [0.15, 0.2) is 11.5 Å². The summed E-state index contributed by atoms with van der Waals surface area (Å²) in [6, 6.07) is 29.9. The van der Waals surface area contributed by atoms with Gasteiger partial charge >= 0.3 is 0 Å². The largest absolute Gasteiger partial charge is 0.493 e. The van der Waals surface area contributed by atoms with Crippen molar-refractivity contribution in [3.63, 3.8) is 0 Å². The lowest BCUT2D eigenvalue weighted by Gasteiger charge is -2.16. The predicted octanol–water partition coefficient (Wildman–Crippen LogP) is 6.86. The molecule has 0 saturated heterocycles. The van der Waals surface area contributed by atoms with Crippen molar-refractivity contribution >= 4 is 35.3 Å². The fourth-order valence-corrected chi connectivity index (χ4v) is 4.16. The first-order valence-electron chi connectivity index (χ1n) is 11.2. The molecule has 1 N–H and O–H groups in total. The molecule has 36 heavy (non-hydrogen) atoms. The molecule has 0 aliphatic carbocycles. The molecule has 0 bridgehead atoms. The summed E-state index contributed by atoms with van der Waals surface area (Å²) in [6.07, 6.45) is 1.56. The molecule has 5 nitrogen and oxygen atoms in total. The number of methoxy groups -OCH3 is 1. The van der Waals surface area contributed by atoms with Gasteiger partial charge in [0.25, 0.3) is 5.91 Å². The van der Waals surface area contributed by atoms with E-state index in [9.17, 15) is 4.79 Å². The highest BCUT2D eigenvalue weighted by atomic mass is 35.5. The highest BCUT2D eigenvalue weighted by molar-refractivity contribution is 6.35. The Hall–Kier alpha value is -3.80. The molecule has 7 heteroatoms. The van der Waals surface area contributed by atoms with E-state index in [1.807, 2.05) is 72.8 Å². The fourth-order valence-electron chi connectivity index (χ4n) is 3.70. The van der Waals surface area contributed by atoms with Gasteiger partial charge in [-0.1, -0.05) is 89.9 Å². The van der Waals surface area contributed by atoms with Gasteiger partial charge in [-0.25, -0.2) is 5.43 Å². The monoisotopic (exact) mass is 518 g/mol. The van der Waals surface area contributed by atoms with Gasteiger partial charge in [-0.3, -0.25) is 4.79 Å². The normalized spacial score (nSPS) is 11.0. The molecule has 0 aliphatic heterocycles. The van der Waals surface area contributed by atoms with Crippen molar-refractivity contribution < 1.29 is 14.3 Å². The zero-order valence-corrected chi connectivity index (χ0v) is 21.0. The zero-order valence-electron chi connectivity index (χ0n) is 19.5. The Kier molecular flexibility index (Phi) is 8.61. The van der Waals surface area contributed by atoms with Gasteiger partial charge < -0.3 is 9.47 Å². The van der Waals surface area contributed by atoms with E-state index >= 15 is 0 Å². The molecule has 0 fully saturated rings. The molecule has 0 radical (unpaired) electrons. The lowest BCUT2D eigenvalue weighted by Crippen LogP contribution is -2.26. The minimum absolute atomic E-state index is 0.226. The molecule has 0 atom stereocenters. The molecule has 0 unspecified atom stereocenters. The van der Waals surface area contributed by atoms with Gasteiger partial charge in [0.1, 0.15) is 6.61 Å². The Morgan fingerprint density at radius 3 is 2.17 bits per heavy atom. The number of amides is 1. The highest BCUT2D eigenvalue weighted by Gasteiger charge is 2.22. The summed E-state index contributed by atoms with van der Waals surface area (Å²) < 4.78 is 11.4.